The van der Waals surface area contributed by atoms with Gasteiger partial charge in [-0.1, -0.05) is 131 Å². The van der Waals surface area contributed by atoms with Gasteiger partial charge in [0.05, 0.1) is 5.69 Å². The SMILES string of the molecule is CC1(C)CCC(C)(C)c2cc(N(c3ccc(-c4ccccc4)cc3)c3ccc4c(c3-c3ccccc3)Oc3ccccc3C43C4CC5CC(C4)C3C5)ccc21. The zero-order valence-electron chi connectivity index (χ0n) is 32.7. The van der Waals surface area contributed by atoms with Crippen molar-refractivity contribution in [2.75, 3.05) is 4.90 Å². The summed E-state index contributed by atoms with van der Waals surface area (Å²) in [5.41, 5.74) is 14.3. The minimum Gasteiger partial charge on any atom is -0.456 e. The van der Waals surface area contributed by atoms with Crippen LogP contribution in [0.5, 0.6) is 11.5 Å². The minimum atomic E-state index is -0.00646. The van der Waals surface area contributed by atoms with Gasteiger partial charge in [-0.3, -0.25) is 0 Å². The van der Waals surface area contributed by atoms with Crippen LogP contribution in [-0.2, 0) is 16.2 Å². The van der Waals surface area contributed by atoms with Gasteiger partial charge in [0.1, 0.15) is 11.5 Å². The number of ether oxygens (including phenoxy) is 1. The number of hydrogen-bond acceptors (Lipinski definition) is 2. The number of hydrogen-bond donors (Lipinski definition) is 0. The van der Waals surface area contributed by atoms with E-state index < -0.39 is 0 Å². The second-order valence-electron chi connectivity index (χ2n) is 18.8. The van der Waals surface area contributed by atoms with Crippen molar-refractivity contribution >= 4 is 17.1 Å². The van der Waals surface area contributed by atoms with E-state index in [2.05, 4.69) is 172 Å². The van der Waals surface area contributed by atoms with E-state index in [-0.39, 0.29) is 16.2 Å². The minimum absolute atomic E-state index is 0.00646. The van der Waals surface area contributed by atoms with Crippen LogP contribution < -0.4 is 9.64 Å². The Morgan fingerprint density at radius 3 is 1.91 bits per heavy atom. The van der Waals surface area contributed by atoms with Gasteiger partial charge in [0, 0.05) is 33.5 Å². The Bertz CT molecular complexity index is 2440. The van der Waals surface area contributed by atoms with Gasteiger partial charge in [0.2, 0.25) is 0 Å². The monoisotopic (exact) mass is 717 g/mol. The second kappa shape index (κ2) is 12.0. The Kier molecular flexibility index (Phi) is 7.23. The first-order valence-corrected chi connectivity index (χ1v) is 20.8. The second-order valence-corrected chi connectivity index (χ2v) is 18.8. The summed E-state index contributed by atoms with van der Waals surface area (Å²) >= 11 is 0. The maximum atomic E-state index is 7.33. The van der Waals surface area contributed by atoms with Crippen molar-refractivity contribution in [2.24, 2.45) is 23.7 Å². The highest BCUT2D eigenvalue weighted by Crippen LogP contribution is 2.73. The fourth-order valence-corrected chi connectivity index (χ4v) is 12.4. The molecule has 0 amide bonds. The molecule has 5 atom stereocenters. The summed E-state index contributed by atoms with van der Waals surface area (Å²) in [6.07, 6.45) is 7.81. The zero-order valence-corrected chi connectivity index (χ0v) is 32.7. The van der Waals surface area contributed by atoms with Gasteiger partial charge >= 0.3 is 0 Å². The molecule has 5 aliphatic carbocycles. The van der Waals surface area contributed by atoms with Crippen molar-refractivity contribution in [3.05, 3.63) is 162 Å². The lowest BCUT2D eigenvalue weighted by atomic mass is 9.56. The Morgan fingerprint density at radius 2 is 1.16 bits per heavy atom. The largest absolute Gasteiger partial charge is 0.456 e. The first-order valence-electron chi connectivity index (χ1n) is 20.8. The standard InChI is InChI=1S/C53H51NO/c1-51(2)27-28-52(3,4)46-33-41(23-24-42(46)51)54(40-21-19-36(20-22-40)35-13-7-5-8-14-35)47-26-25-44-50(49(47)37-15-9-6-10-16-37)55-48-18-12-11-17-43(48)53(44)39-30-34-29-38(32-39)45(53)31-34/h5-26,33-34,38-39,45H,27-32H2,1-4H3. The fourth-order valence-electron chi connectivity index (χ4n) is 12.4. The molecular weight excluding hydrogens is 667 g/mol. The predicted molar refractivity (Wildman–Crippen MR) is 227 cm³/mol. The van der Waals surface area contributed by atoms with Gasteiger partial charge in [0.15, 0.2) is 0 Å². The molecule has 6 aromatic carbocycles. The third-order valence-corrected chi connectivity index (χ3v) is 15.0. The molecule has 5 unspecified atom stereocenters. The summed E-state index contributed by atoms with van der Waals surface area (Å²) in [6, 6.07) is 52.4. The maximum absolute atomic E-state index is 7.33. The van der Waals surface area contributed by atoms with E-state index in [1.165, 1.54) is 88.7 Å². The number of para-hydroxylation sites is 1. The average Bonchev–Trinajstić information content (AvgIpc) is 3.62. The van der Waals surface area contributed by atoms with Gasteiger partial charge < -0.3 is 9.64 Å². The Labute approximate surface area is 327 Å². The van der Waals surface area contributed by atoms with Crippen LogP contribution >= 0.6 is 0 Å². The molecular formula is C53H51NO. The maximum Gasteiger partial charge on any atom is 0.141 e. The van der Waals surface area contributed by atoms with Crippen LogP contribution in [0.1, 0.15) is 88.5 Å². The third-order valence-electron chi connectivity index (χ3n) is 15.0. The number of benzene rings is 6. The molecule has 4 saturated carbocycles. The van der Waals surface area contributed by atoms with Crippen LogP contribution in [0.4, 0.5) is 17.1 Å². The molecule has 6 aliphatic rings. The van der Waals surface area contributed by atoms with E-state index in [9.17, 15) is 0 Å². The topological polar surface area (TPSA) is 12.5 Å². The third kappa shape index (κ3) is 4.86. The van der Waals surface area contributed by atoms with E-state index in [1.54, 1.807) is 0 Å². The van der Waals surface area contributed by atoms with Gasteiger partial charge in [-0.25, -0.2) is 0 Å². The fraction of sp³-hybridized carbons (Fsp3) is 0.321. The first kappa shape index (κ1) is 33.3. The van der Waals surface area contributed by atoms with E-state index >= 15 is 0 Å². The molecule has 0 N–H and O–H groups in total. The number of rotatable bonds is 5. The summed E-state index contributed by atoms with van der Waals surface area (Å²) in [4.78, 5) is 2.53. The summed E-state index contributed by atoms with van der Waals surface area (Å²) in [5.74, 6) is 5.13. The lowest BCUT2D eigenvalue weighted by Gasteiger charge is -2.49. The summed E-state index contributed by atoms with van der Waals surface area (Å²) < 4.78 is 7.33. The lowest BCUT2D eigenvalue weighted by molar-refractivity contribution is 0.173. The van der Waals surface area contributed by atoms with Crippen LogP contribution in [0, 0.1) is 23.7 Å². The quantitative estimate of drug-likeness (QED) is 0.176. The summed E-state index contributed by atoms with van der Waals surface area (Å²) in [7, 11) is 0. The number of fused-ring (bicyclic) bond motifs is 3. The van der Waals surface area contributed by atoms with Crippen LogP contribution in [0.15, 0.2) is 140 Å². The molecule has 4 bridgehead atoms. The van der Waals surface area contributed by atoms with E-state index in [0.717, 1.165) is 34.7 Å². The van der Waals surface area contributed by atoms with E-state index in [1.807, 2.05) is 0 Å². The highest BCUT2D eigenvalue weighted by Gasteiger charge is 2.66. The van der Waals surface area contributed by atoms with Crippen LogP contribution in [-0.4, -0.2) is 0 Å². The number of nitrogens with zero attached hydrogens (tertiary/aromatic N) is 1. The van der Waals surface area contributed by atoms with Crippen molar-refractivity contribution in [3.63, 3.8) is 0 Å². The van der Waals surface area contributed by atoms with Gasteiger partial charge in [-0.15, -0.1) is 0 Å². The molecule has 55 heavy (non-hydrogen) atoms. The van der Waals surface area contributed by atoms with Crippen molar-refractivity contribution in [1.82, 2.24) is 0 Å². The Hall–Kier alpha value is -5.08. The molecule has 4 fully saturated rings. The van der Waals surface area contributed by atoms with Crippen molar-refractivity contribution < 1.29 is 4.74 Å². The van der Waals surface area contributed by atoms with Crippen LogP contribution in [0.25, 0.3) is 22.3 Å². The number of anilines is 3. The van der Waals surface area contributed by atoms with Crippen LogP contribution in [0.3, 0.4) is 0 Å². The first-order chi connectivity index (χ1) is 26.7. The molecule has 1 spiro atoms. The molecule has 0 saturated heterocycles. The van der Waals surface area contributed by atoms with Gasteiger partial charge in [-0.2, -0.15) is 0 Å². The molecule has 0 aromatic heterocycles. The van der Waals surface area contributed by atoms with Crippen molar-refractivity contribution in [2.45, 2.75) is 82.5 Å². The highest BCUT2D eigenvalue weighted by molar-refractivity contribution is 5.94. The highest BCUT2D eigenvalue weighted by atomic mass is 16.5. The van der Waals surface area contributed by atoms with Crippen molar-refractivity contribution in [1.29, 1.82) is 0 Å². The molecule has 0 radical (unpaired) electrons. The smallest absolute Gasteiger partial charge is 0.141 e. The van der Waals surface area contributed by atoms with Crippen LogP contribution in [0.2, 0.25) is 0 Å². The Morgan fingerprint density at radius 1 is 0.527 bits per heavy atom. The van der Waals surface area contributed by atoms with E-state index in [0.29, 0.717) is 11.8 Å². The molecule has 1 aliphatic heterocycles. The molecule has 2 nitrogen and oxygen atoms in total. The predicted octanol–water partition coefficient (Wildman–Crippen LogP) is 14.3. The summed E-state index contributed by atoms with van der Waals surface area (Å²) in [5, 5.41) is 0. The van der Waals surface area contributed by atoms with Gasteiger partial charge in [-0.05, 0) is 137 Å². The zero-order chi connectivity index (χ0) is 37.1. The Balaban J connectivity index is 1.17. The lowest BCUT2D eigenvalue weighted by Crippen LogP contribution is -2.44. The summed E-state index contributed by atoms with van der Waals surface area (Å²) in [6.45, 7) is 9.72. The van der Waals surface area contributed by atoms with E-state index in [4.69, 9.17) is 4.74 Å². The van der Waals surface area contributed by atoms with Gasteiger partial charge in [0.25, 0.3) is 0 Å². The molecule has 274 valence electrons. The molecule has 6 aromatic rings. The normalized spacial score (nSPS) is 25.9. The van der Waals surface area contributed by atoms with Crippen molar-refractivity contribution in [3.8, 4) is 33.8 Å². The molecule has 1 heterocycles. The molecule has 2 heteroatoms. The molecule has 12 rings (SSSR count). The average molecular weight is 718 g/mol.